The Morgan fingerprint density at radius 3 is 2.68 bits per heavy atom. The molecule has 2 rings (SSSR count). The van der Waals surface area contributed by atoms with E-state index in [0.29, 0.717) is 17.2 Å². The van der Waals surface area contributed by atoms with Gasteiger partial charge in [0.15, 0.2) is 0 Å². The summed E-state index contributed by atoms with van der Waals surface area (Å²) >= 11 is 0. The summed E-state index contributed by atoms with van der Waals surface area (Å²) < 4.78 is 10.3. The lowest BCUT2D eigenvalue weighted by molar-refractivity contribution is 0.102. The summed E-state index contributed by atoms with van der Waals surface area (Å²) in [4.78, 5) is 19.7. The van der Waals surface area contributed by atoms with Gasteiger partial charge in [-0.25, -0.2) is 4.98 Å². The molecule has 19 heavy (non-hydrogen) atoms. The molecule has 1 aromatic heterocycles. The summed E-state index contributed by atoms with van der Waals surface area (Å²) in [5.41, 5.74) is 0.741. The van der Waals surface area contributed by atoms with Crippen LogP contribution in [0.3, 0.4) is 0 Å². The van der Waals surface area contributed by atoms with Crippen LogP contribution in [0, 0.1) is 0 Å². The highest BCUT2D eigenvalue weighted by atomic mass is 16.5. The van der Waals surface area contributed by atoms with Gasteiger partial charge < -0.3 is 14.8 Å². The first-order valence-electron chi connectivity index (χ1n) is 5.54. The van der Waals surface area contributed by atoms with Crippen molar-refractivity contribution in [1.82, 2.24) is 9.97 Å². The number of carbonyl (C=O) groups is 1. The topological polar surface area (TPSA) is 73.3 Å². The molecule has 98 valence electrons. The summed E-state index contributed by atoms with van der Waals surface area (Å²) in [6, 6.07) is 5.13. The molecule has 0 saturated heterocycles. The van der Waals surface area contributed by atoms with Crippen molar-refractivity contribution in [2.75, 3.05) is 19.5 Å². The lowest BCUT2D eigenvalue weighted by atomic mass is 10.2. The van der Waals surface area contributed by atoms with Gasteiger partial charge in [-0.2, -0.15) is 0 Å². The van der Waals surface area contributed by atoms with E-state index in [9.17, 15) is 4.79 Å². The average Bonchev–Trinajstić information content (AvgIpc) is 2.48. The number of rotatable bonds is 4. The van der Waals surface area contributed by atoms with Crippen LogP contribution in [0.1, 0.15) is 10.5 Å². The number of nitrogens with one attached hydrogen (secondary N) is 1. The quantitative estimate of drug-likeness (QED) is 0.905. The highest BCUT2D eigenvalue weighted by molar-refractivity contribution is 6.03. The van der Waals surface area contributed by atoms with Gasteiger partial charge in [0.25, 0.3) is 5.91 Å². The van der Waals surface area contributed by atoms with Crippen LogP contribution in [0.4, 0.5) is 5.69 Å². The van der Waals surface area contributed by atoms with Gasteiger partial charge in [0.05, 0.1) is 26.1 Å². The van der Waals surface area contributed by atoms with Crippen molar-refractivity contribution in [3.05, 3.63) is 42.5 Å². The molecule has 1 aromatic carbocycles. The first-order chi connectivity index (χ1) is 9.24. The number of hydrogen-bond donors (Lipinski definition) is 1. The molecule has 0 aliphatic rings. The van der Waals surface area contributed by atoms with Gasteiger partial charge in [-0.05, 0) is 12.1 Å². The lowest BCUT2D eigenvalue weighted by Crippen LogP contribution is -2.14. The Hall–Kier alpha value is -2.63. The molecule has 1 amide bonds. The number of hydrogen-bond acceptors (Lipinski definition) is 5. The Kier molecular flexibility index (Phi) is 3.92. The molecule has 0 spiro atoms. The van der Waals surface area contributed by atoms with E-state index in [4.69, 9.17) is 9.47 Å². The SMILES string of the molecule is COc1ccc(OC)c(NC(=O)c2cnccn2)c1. The van der Waals surface area contributed by atoms with E-state index in [-0.39, 0.29) is 11.6 Å². The average molecular weight is 259 g/mol. The van der Waals surface area contributed by atoms with Crippen LogP contribution in [0.25, 0.3) is 0 Å². The maximum absolute atomic E-state index is 12.0. The van der Waals surface area contributed by atoms with Crippen LogP contribution in [0.2, 0.25) is 0 Å². The molecular formula is C13H13N3O3. The second-order valence-electron chi connectivity index (χ2n) is 3.61. The fourth-order valence-corrected chi connectivity index (χ4v) is 1.51. The number of ether oxygens (including phenoxy) is 2. The second kappa shape index (κ2) is 5.81. The maximum Gasteiger partial charge on any atom is 0.275 e. The zero-order chi connectivity index (χ0) is 13.7. The fraction of sp³-hybridized carbons (Fsp3) is 0.154. The first-order valence-corrected chi connectivity index (χ1v) is 5.54. The molecular weight excluding hydrogens is 246 g/mol. The minimum Gasteiger partial charge on any atom is -0.497 e. The van der Waals surface area contributed by atoms with Gasteiger partial charge in [0.1, 0.15) is 17.2 Å². The van der Waals surface area contributed by atoms with Gasteiger partial charge in [-0.3, -0.25) is 9.78 Å². The zero-order valence-electron chi connectivity index (χ0n) is 10.6. The number of carbonyl (C=O) groups excluding carboxylic acids is 1. The molecule has 0 fully saturated rings. The second-order valence-corrected chi connectivity index (χ2v) is 3.61. The van der Waals surface area contributed by atoms with Crippen molar-refractivity contribution >= 4 is 11.6 Å². The number of aromatic nitrogens is 2. The monoisotopic (exact) mass is 259 g/mol. The Bertz CT molecular complexity index is 573. The highest BCUT2D eigenvalue weighted by Gasteiger charge is 2.11. The standard InChI is InChI=1S/C13H13N3O3/c1-18-9-3-4-12(19-2)10(7-9)16-13(17)11-8-14-5-6-15-11/h3-8H,1-2H3,(H,16,17). The van der Waals surface area contributed by atoms with Crippen molar-refractivity contribution in [3.8, 4) is 11.5 Å². The van der Waals surface area contributed by atoms with E-state index < -0.39 is 0 Å². The summed E-state index contributed by atoms with van der Waals surface area (Å²) in [5, 5.41) is 2.71. The van der Waals surface area contributed by atoms with Crippen LogP contribution >= 0.6 is 0 Å². The molecule has 1 N–H and O–H groups in total. The Balaban J connectivity index is 2.25. The number of methoxy groups -OCH3 is 2. The van der Waals surface area contributed by atoms with Crippen molar-refractivity contribution in [1.29, 1.82) is 0 Å². The van der Waals surface area contributed by atoms with Crippen LogP contribution in [-0.4, -0.2) is 30.1 Å². The predicted octanol–water partition coefficient (Wildman–Crippen LogP) is 1.75. The van der Waals surface area contributed by atoms with Gasteiger partial charge in [0, 0.05) is 18.5 Å². The van der Waals surface area contributed by atoms with E-state index in [0.717, 1.165) is 0 Å². The van der Waals surface area contributed by atoms with Crippen molar-refractivity contribution in [2.45, 2.75) is 0 Å². The first kappa shape index (κ1) is 12.8. The molecule has 0 saturated carbocycles. The Labute approximate surface area is 110 Å². The van der Waals surface area contributed by atoms with Crippen molar-refractivity contribution in [3.63, 3.8) is 0 Å². The van der Waals surface area contributed by atoms with Gasteiger partial charge in [-0.1, -0.05) is 0 Å². The fourth-order valence-electron chi connectivity index (χ4n) is 1.51. The summed E-state index contributed by atoms with van der Waals surface area (Å²) in [7, 11) is 3.08. The minimum absolute atomic E-state index is 0.229. The molecule has 1 heterocycles. The third kappa shape index (κ3) is 2.98. The number of nitrogens with zero attached hydrogens (tertiary/aromatic N) is 2. The maximum atomic E-state index is 12.0. The van der Waals surface area contributed by atoms with E-state index in [2.05, 4.69) is 15.3 Å². The molecule has 2 aromatic rings. The number of anilines is 1. The Morgan fingerprint density at radius 1 is 1.21 bits per heavy atom. The molecule has 0 unspecified atom stereocenters. The predicted molar refractivity (Wildman–Crippen MR) is 69.5 cm³/mol. The van der Waals surface area contributed by atoms with E-state index in [1.54, 1.807) is 25.3 Å². The zero-order valence-corrected chi connectivity index (χ0v) is 10.6. The van der Waals surface area contributed by atoms with E-state index in [1.165, 1.54) is 25.7 Å². The van der Waals surface area contributed by atoms with Crippen molar-refractivity contribution < 1.29 is 14.3 Å². The lowest BCUT2D eigenvalue weighted by Gasteiger charge is -2.11. The van der Waals surface area contributed by atoms with Gasteiger partial charge >= 0.3 is 0 Å². The Morgan fingerprint density at radius 2 is 2.05 bits per heavy atom. The third-order valence-corrected chi connectivity index (χ3v) is 2.45. The van der Waals surface area contributed by atoms with Gasteiger partial charge in [-0.15, -0.1) is 0 Å². The molecule has 0 aliphatic carbocycles. The largest absolute Gasteiger partial charge is 0.497 e. The molecule has 0 bridgehead atoms. The molecule has 0 radical (unpaired) electrons. The summed E-state index contributed by atoms with van der Waals surface area (Å²) in [6.45, 7) is 0. The normalized spacial score (nSPS) is 9.79. The molecule has 0 aliphatic heterocycles. The van der Waals surface area contributed by atoms with Gasteiger partial charge in [0.2, 0.25) is 0 Å². The van der Waals surface area contributed by atoms with Crippen LogP contribution in [0.5, 0.6) is 11.5 Å². The third-order valence-electron chi connectivity index (χ3n) is 2.45. The summed E-state index contributed by atoms with van der Waals surface area (Å²) in [5.74, 6) is 0.799. The highest BCUT2D eigenvalue weighted by Crippen LogP contribution is 2.29. The van der Waals surface area contributed by atoms with Crippen LogP contribution < -0.4 is 14.8 Å². The van der Waals surface area contributed by atoms with Crippen LogP contribution in [-0.2, 0) is 0 Å². The smallest absolute Gasteiger partial charge is 0.275 e. The minimum atomic E-state index is -0.361. The van der Waals surface area contributed by atoms with Crippen molar-refractivity contribution in [2.24, 2.45) is 0 Å². The molecule has 6 nitrogen and oxygen atoms in total. The molecule has 0 atom stereocenters. The van der Waals surface area contributed by atoms with E-state index in [1.807, 2.05) is 0 Å². The summed E-state index contributed by atoms with van der Waals surface area (Å²) in [6.07, 6.45) is 4.35. The number of amides is 1. The number of benzene rings is 1. The van der Waals surface area contributed by atoms with Crippen LogP contribution in [0.15, 0.2) is 36.8 Å². The molecule has 6 heteroatoms. The van der Waals surface area contributed by atoms with E-state index >= 15 is 0 Å².